The molecule has 2 rings (SSSR count). The van der Waals surface area contributed by atoms with E-state index in [2.05, 4.69) is 76.8 Å². The molecule has 1 atom stereocenters. The fraction of sp³-hybridized carbons (Fsp3) is 0.400. The van der Waals surface area contributed by atoms with Crippen LogP contribution in [0.2, 0.25) is 0 Å². The van der Waals surface area contributed by atoms with Crippen molar-refractivity contribution in [3.63, 3.8) is 0 Å². The lowest BCUT2D eigenvalue weighted by atomic mass is 9.87. The van der Waals surface area contributed by atoms with Crippen molar-refractivity contribution in [3.05, 3.63) is 71.8 Å². The Labute approximate surface area is 132 Å². The van der Waals surface area contributed by atoms with Crippen LogP contribution in [0.5, 0.6) is 0 Å². The fourth-order valence-electron chi connectivity index (χ4n) is 2.97. The third-order valence-electron chi connectivity index (χ3n) is 4.08. The summed E-state index contributed by atoms with van der Waals surface area (Å²) in [6, 6.07) is 21.8. The maximum absolute atomic E-state index is 3.18. The van der Waals surface area contributed by atoms with E-state index in [9.17, 15) is 0 Å². The van der Waals surface area contributed by atoms with E-state index in [4.69, 9.17) is 0 Å². The molecule has 0 aliphatic rings. The van der Waals surface area contributed by atoms with Crippen molar-refractivity contribution >= 4 is 9.24 Å². The predicted molar refractivity (Wildman–Crippen MR) is 96.9 cm³/mol. The Morgan fingerprint density at radius 1 is 0.762 bits per heavy atom. The third kappa shape index (κ3) is 5.64. The Kier molecular flexibility index (Phi) is 6.46. The van der Waals surface area contributed by atoms with Gasteiger partial charge in [0.25, 0.3) is 0 Å². The SMILES string of the molecule is CCCCCC(P)(Cc1ccccc1)Cc1ccccc1. The first-order chi connectivity index (χ1) is 10.2. The van der Waals surface area contributed by atoms with Gasteiger partial charge in [0.2, 0.25) is 0 Å². The van der Waals surface area contributed by atoms with E-state index in [1.165, 1.54) is 36.8 Å². The topological polar surface area (TPSA) is 0 Å². The van der Waals surface area contributed by atoms with E-state index in [1.54, 1.807) is 0 Å². The first kappa shape index (κ1) is 16.2. The van der Waals surface area contributed by atoms with Crippen LogP contribution in [-0.2, 0) is 12.8 Å². The van der Waals surface area contributed by atoms with Gasteiger partial charge in [-0.1, -0.05) is 86.8 Å². The summed E-state index contributed by atoms with van der Waals surface area (Å²) in [6.07, 6.45) is 7.49. The molecular formula is C20H27P. The fourth-order valence-corrected chi connectivity index (χ4v) is 3.65. The lowest BCUT2D eigenvalue weighted by molar-refractivity contribution is 0.497. The minimum atomic E-state index is 0.276. The van der Waals surface area contributed by atoms with Crippen molar-refractivity contribution in [2.24, 2.45) is 0 Å². The standard InChI is InChI=1S/C20H27P/c1-2-3-10-15-20(21,16-18-11-6-4-7-12-18)17-19-13-8-5-9-14-19/h4-9,11-14H,2-3,10,15-17,21H2,1H3. The average molecular weight is 298 g/mol. The van der Waals surface area contributed by atoms with Gasteiger partial charge in [0.1, 0.15) is 0 Å². The Bertz CT molecular complexity index is 462. The molecule has 0 saturated heterocycles. The minimum Gasteiger partial charge on any atom is -0.130 e. The van der Waals surface area contributed by atoms with Crippen LogP contribution in [0.3, 0.4) is 0 Å². The van der Waals surface area contributed by atoms with Gasteiger partial charge in [-0.15, -0.1) is 9.24 Å². The van der Waals surface area contributed by atoms with Gasteiger partial charge in [-0.2, -0.15) is 0 Å². The van der Waals surface area contributed by atoms with Gasteiger partial charge in [-0.3, -0.25) is 0 Å². The summed E-state index contributed by atoms with van der Waals surface area (Å²) in [4.78, 5) is 0. The second-order valence-corrected chi connectivity index (χ2v) is 7.37. The highest BCUT2D eigenvalue weighted by Gasteiger charge is 2.24. The highest BCUT2D eigenvalue weighted by molar-refractivity contribution is 7.19. The summed E-state index contributed by atoms with van der Waals surface area (Å²) in [5, 5.41) is 0.276. The van der Waals surface area contributed by atoms with Crippen LogP contribution >= 0.6 is 9.24 Å². The van der Waals surface area contributed by atoms with E-state index in [0.29, 0.717) is 0 Å². The maximum atomic E-state index is 3.18. The smallest absolute Gasteiger partial charge is 0.00697 e. The van der Waals surface area contributed by atoms with Crippen molar-refractivity contribution in [3.8, 4) is 0 Å². The summed E-state index contributed by atoms with van der Waals surface area (Å²) in [7, 11) is 3.18. The normalized spacial score (nSPS) is 11.5. The average Bonchev–Trinajstić information content (AvgIpc) is 2.49. The second kappa shape index (κ2) is 8.35. The maximum Gasteiger partial charge on any atom is -0.00697 e. The molecule has 0 aliphatic heterocycles. The number of unbranched alkanes of at least 4 members (excludes halogenated alkanes) is 2. The van der Waals surface area contributed by atoms with Crippen molar-refractivity contribution in [2.75, 3.05) is 0 Å². The van der Waals surface area contributed by atoms with Crippen LogP contribution in [0.15, 0.2) is 60.7 Å². The molecule has 0 bridgehead atoms. The summed E-state index contributed by atoms with van der Waals surface area (Å²) >= 11 is 0. The molecule has 0 amide bonds. The summed E-state index contributed by atoms with van der Waals surface area (Å²) in [5.74, 6) is 0. The molecule has 2 aromatic carbocycles. The van der Waals surface area contributed by atoms with Crippen LogP contribution < -0.4 is 0 Å². The molecule has 0 spiro atoms. The Morgan fingerprint density at radius 2 is 1.24 bits per heavy atom. The zero-order valence-corrected chi connectivity index (χ0v) is 14.2. The molecule has 0 aromatic heterocycles. The highest BCUT2D eigenvalue weighted by atomic mass is 31.0. The third-order valence-corrected chi connectivity index (χ3v) is 4.77. The van der Waals surface area contributed by atoms with Gasteiger partial charge < -0.3 is 0 Å². The molecule has 2 aromatic rings. The van der Waals surface area contributed by atoms with Gasteiger partial charge in [-0.25, -0.2) is 0 Å². The molecule has 21 heavy (non-hydrogen) atoms. The molecule has 0 radical (unpaired) electrons. The molecule has 0 saturated carbocycles. The molecule has 0 heterocycles. The van der Waals surface area contributed by atoms with Crippen LogP contribution in [0.1, 0.15) is 43.7 Å². The number of rotatable bonds is 8. The van der Waals surface area contributed by atoms with E-state index >= 15 is 0 Å². The van der Waals surface area contributed by atoms with Gasteiger partial charge in [0.05, 0.1) is 0 Å². The Hall–Kier alpha value is -1.13. The van der Waals surface area contributed by atoms with Gasteiger partial charge in [0, 0.05) is 0 Å². The molecule has 1 heteroatoms. The van der Waals surface area contributed by atoms with Crippen LogP contribution in [-0.4, -0.2) is 5.16 Å². The molecule has 112 valence electrons. The molecule has 0 aliphatic carbocycles. The lowest BCUT2D eigenvalue weighted by Gasteiger charge is -2.30. The molecule has 0 nitrogen and oxygen atoms in total. The van der Waals surface area contributed by atoms with E-state index < -0.39 is 0 Å². The van der Waals surface area contributed by atoms with Crippen LogP contribution in [0, 0.1) is 0 Å². The van der Waals surface area contributed by atoms with Crippen molar-refractivity contribution in [2.45, 2.75) is 50.6 Å². The van der Waals surface area contributed by atoms with Gasteiger partial charge >= 0.3 is 0 Å². The first-order valence-corrected chi connectivity index (χ1v) is 8.66. The summed E-state index contributed by atoms with van der Waals surface area (Å²) in [6.45, 7) is 2.28. The highest BCUT2D eigenvalue weighted by Crippen LogP contribution is 2.33. The van der Waals surface area contributed by atoms with Crippen molar-refractivity contribution in [1.82, 2.24) is 0 Å². The van der Waals surface area contributed by atoms with Crippen LogP contribution in [0.4, 0.5) is 0 Å². The Morgan fingerprint density at radius 3 is 1.67 bits per heavy atom. The zero-order chi connectivity index (χ0) is 15.0. The molecule has 1 unspecified atom stereocenters. The molecule has 0 N–H and O–H groups in total. The van der Waals surface area contributed by atoms with Crippen molar-refractivity contribution < 1.29 is 0 Å². The monoisotopic (exact) mass is 298 g/mol. The first-order valence-electron chi connectivity index (χ1n) is 8.08. The zero-order valence-electron chi connectivity index (χ0n) is 13.1. The summed E-state index contributed by atoms with van der Waals surface area (Å²) < 4.78 is 0. The second-order valence-electron chi connectivity index (χ2n) is 6.14. The minimum absolute atomic E-state index is 0.276. The van der Waals surface area contributed by atoms with Crippen LogP contribution in [0.25, 0.3) is 0 Å². The lowest BCUT2D eigenvalue weighted by Crippen LogP contribution is -2.27. The summed E-state index contributed by atoms with van der Waals surface area (Å²) in [5.41, 5.74) is 2.89. The number of benzene rings is 2. The van der Waals surface area contributed by atoms with Gasteiger partial charge in [0.15, 0.2) is 0 Å². The van der Waals surface area contributed by atoms with E-state index in [1.807, 2.05) is 0 Å². The molecule has 0 fully saturated rings. The van der Waals surface area contributed by atoms with Gasteiger partial charge in [-0.05, 0) is 35.5 Å². The van der Waals surface area contributed by atoms with E-state index in [0.717, 1.165) is 12.8 Å². The molecular weight excluding hydrogens is 271 g/mol. The Balaban J connectivity index is 2.09. The predicted octanol–water partition coefficient (Wildman–Crippen LogP) is 5.67. The van der Waals surface area contributed by atoms with Crippen molar-refractivity contribution in [1.29, 1.82) is 0 Å². The largest absolute Gasteiger partial charge is 0.130 e. The number of hydrogen-bond acceptors (Lipinski definition) is 0. The quantitative estimate of drug-likeness (QED) is 0.435. The van der Waals surface area contributed by atoms with E-state index in [-0.39, 0.29) is 5.16 Å². The number of hydrogen-bond donors (Lipinski definition) is 0.